The molecular weight excluding hydrogens is 638 g/mol. The third kappa shape index (κ3) is 7.73. The minimum atomic E-state index is -4.17. The van der Waals surface area contributed by atoms with Crippen LogP contribution < -0.4 is 14.4 Å². The molecule has 2 aromatic rings. The van der Waals surface area contributed by atoms with Gasteiger partial charge in [-0.05, 0) is 105 Å². The van der Waals surface area contributed by atoms with E-state index in [1.807, 2.05) is 6.07 Å². The highest BCUT2D eigenvalue weighted by Crippen LogP contribution is 2.46. The first-order valence-electron chi connectivity index (χ1n) is 16.6. The molecule has 2 aromatic carbocycles. The van der Waals surface area contributed by atoms with Crippen LogP contribution in [0.3, 0.4) is 0 Å². The van der Waals surface area contributed by atoms with Crippen LogP contribution in [0.4, 0.5) is 5.69 Å². The van der Waals surface area contributed by atoms with Gasteiger partial charge in [-0.15, -0.1) is 13.2 Å². The Bertz CT molecular complexity index is 1570. The molecule has 47 heavy (non-hydrogen) atoms. The van der Waals surface area contributed by atoms with E-state index >= 15 is 0 Å². The zero-order chi connectivity index (χ0) is 33.8. The highest BCUT2D eigenvalue weighted by atomic mass is 35.5. The first-order chi connectivity index (χ1) is 22.5. The molecule has 0 radical (unpaired) electrons. The fourth-order valence-corrected chi connectivity index (χ4v) is 9.11. The molecule has 1 fully saturated rings. The summed E-state index contributed by atoms with van der Waals surface area (Å²) in [5, 5.41) is 11.4. The Labute approximate surface area is 284 Å². The topological polar surface area (TPSA) is 108 Å². The largest absolute Gasteiger partial charge is 0.490 e. The number of nitrogens with one attached hydrogen (secondary N) is 1. The van der Waals surface area contributed by atoms with E-state index in [1.165, 1.54) is 15.4 Å². The molecule has 1 spiro atoms. The number of methoxy groups -OCH3 is 1. The second-order valence-electron chi connectivity index (χ2n) is 13.3. The van der Waals surface area contributed by atoms with Crippen LogP contribution in [0.5, 0.6) is 5.75 Å². The van der Waals surface area contributed by atoms with E-state index in [-0.39, 0.29) is 29.4 Å². The van der Waals surface area contributed by atoms with Crippen LogP contribution in [-0.2, 0) is 26.8 Å². The summed E-state index contributed by atoms with van der Waals surface area (Å²) in [7, 11) is -2.60. The van der Waals surface area contributed by atoms with Crippen molar-refractivity contribution in [2.24, 2.45) is 11.8 Å². The molecule has 1 saturated carbocycles. The quantitative estimate of drug-likeness (QED) is 0.195. The minimum Gasteiger partial charge on any atom is -0.490 e. The van der Waals surface area contributed by atoms with E-state index in [0.717, 1.165) is 37.8 Å². The predicted molar refractivity (Wildman–Crippen MR) is 186 cm³/mol. The molecular formula is C36H48ClN3O6S. The molecule has 5 atom stereocenters. The third-order valence-electron chi connectivity index (χ3n) is 10.2. The van der Waals surface area contributed by atoms with Crippen LogP contribution >= 0.6 is 11.6 Å². The molecule has 0 saturated heterocycles. The summed E-state index contributed by atoms with van der Waals surface area (Å²) in [4.78, 5) is 15.9. The van der Waals surface area contributed by atoms with Gasteiger partial charge < -0.3 is 19.5 Å². The number of aryl methyl sites for hydroxylation is 1. The van der Waals surface area contributed by atoms with Gasteiger partial charge in [0.05, 0.1) is 18.4 Å². The molecule has 1 aliphatic heterocycles. The number of nitrogens with zero attached hydrogens (tertiary/aromatic N) is 2. The second-order valence-corrected chi connectivity index (χ2v) is 15.3. The monoisotopic (exact) mass is 685 g/mol. The Kier molecular flexibility index (Phi) is 11.4. The number of aliphatic hydroxyl groups excluding tert-OH is 1. The number of benzene rings is 2. The fraction of sp³-hybridized carbons (Fsp3) is 0.528. The Balaban J connectivity index is 1.47. The van der Waals surface area contributed by atoms with Gasteiger partial charge in [0.1, 0.15) is 5.75 Å². The van der Waals surface area contributed by atoms with Gasteiger partial charge in [0.2, 0.25) is 0 Å². The number of anilines is 1. The SMILES string of the molecule is C=CCC(C)N(CCCOC)S(=O)(=O)NC(=O)c1ccc2c(c1)N(C[C@@H]1CC[C@H]1C(O)C=C)C[C@@]1(CCCc3cc(Cl)ccc31)CO2. The van der Waals surface area contributed by atoms with Gasteiger partial charge in [-0.2, -0.15) is 12.7 Å². The molecule has 1 amide bonds. The fourth-order valence-electron chi connectivity index (χ4n) is 7.52. The van der Waals surface area contributed by atoms with E-state index in [4.69, 9.17) is 21.1 Å². The highest BCUT2D eigenvalue weighted by Gasteiger charge is 2.44. The first-order valence-corrected chi connectivity index (χ1v) is 18.4. The van der Waals surface area contributed by atoms with Crippen molar-refractivity contribution in [1.29, 1.82) is 0 Å². The van der Waals surface area contributed by atoms with Crippen molar-refractivity contribution >= 4 is 33.4 Å². The van der Waals surface area contributed by atoms with E-state index in [1.54, 1.807) is 44.4 Å². The van der Waals surface area contributed by atoms with E-state index in [0.29, 0.717) is 49.9 Å². The van der Waals surface area contributed by atoms with Crippen LogP contribution in [-0.4, -0.2) is 75.8 Å². The molecule has 9 nitrogen and oxygen atoms in total. The standard InChI is InChI=1S/C36H48ClN3O6S/c1-5-9-25(3)40(18-8-19-45-4)47(43,44)38-35(42)27-12-16-34-32(21-27)39(22-28-11-14-30(28)33(41)6-2)23-36(24-46-34)17-7-10-26-20-29(37)13-15-31(26)36/h5-6,12-13,15-16,20-21,25,28,30,33,41H,1-2,7-11,14,17-19,22-24H2,3-4H3,(H,38,42)/t25?,28-,30+,33?,36-/m0/s1. The summed E-state index contributed by atoms with van der Waals surface area (Å²) < 4.78 is 42.4. The van der Waals surface area contributed by atoms with Crippen LogP contribution in [0, 0.1) is 11.8 Å². The average molecular weight is 686 g/mol. The summed E-state index contributed by atoms with van der Waals surface area (Å²) in [6.45, 7) is 11.7. The third-order valence-corrected chi connectivity index (χ3v) is 12.0. The molecule has 0 bridgehead atoms. The number of carbonyl (C=O) groups is 1. The predicted octanol–water partition coefficient (Wildman–Crippen LogP) is 5.66. The van der Waals surface area contributed by atoms with Crippen LogP contribution in [0.15, 0.2) is 61.7 Å². The first kappa shape index (κ1) is 35.4. The van der Waals surface area contributed by atoms with Crippen molar-refractivity contribution in [2.75, 3.05) is 44.9 Å². The molecule has 0 aromatic heterocycles. The number of hydrogen-bond donors (Lipinski definition) is 2. The lowest BCUT2D eigenvalue weighted by Gasteiger charge is -2.45. The number of fused-ring (bicyclic) bond motifs is 3. The summed E-state index contributed by atoms with van der Waals surface area (Å²) >= 11 is 6.40. The summed E-state index contributed by atoms with van der Waals surface area (Å²) in [5.41, 5.74) is 3.12. The Morgan fingerprint density at radius 2 is 2.09 bits per heavy atom. The van der Waals surface area contributed by atoms with E-state index in [9.17, 15) is 18.3 Å². The van der Waals surface area contributed by atoms with Gasteiger partial charge in [0.15, 0.2) is 0 Å². The second kappa shape index (κ2) is 15.1. The zero-order valence-electron chi connectivity index (χ0n) is 27.5. The molecule has 1 heterocycles. The average Bonchev–Trinajstić information content (AvgIpc) is 3.17. The van der Waals surface area contributed by atoms with Gasteiger partial charge in [-0.1, -0.05) is 29.8 Å². The Hall–Kier alpha value is -2.89. The van der Waals surface area contributed by atoms with Crippen LogP contribution in [0.25, 0.3) is 0 Å². The van der Waals surface area contributed by atoms with Gasteiger partial charge in [-0.3, -0.25) is 4.79 Å². The van der Waals surface area contributed by atoms with Crippen LogP contribution in [0.2, 0.25) is 5.02 Å². The van der Waals surface area contributed by atoms with Crippen molar-refractivity contribution in [3.8, 4) is 5.75 Å². The number of hydrogen-bond acceptors (Lipinski definition) is 7. The molecule has 2 unspecified atom stereocenters. The van der Waals surface area contributed by atoms with E-state index < -0.39 is 28.3 Å². The number of amides is 1. The van der Waals surface area contributed by atoms with Crippen molar-refractivity contribution in [3.05, 3.63) is 83.4 Å². The maximum absolute atomic E-state index is 13.6. The molecule has 2 aliphatic carbocycles. The Morgan fingerprint density at radius 3 is 2.79 bits per heavy atom. The lowest BCUT2D eigenvalue weighted by Crippen LogP contribution is -2.49. The van der Waals surface area contributed by atoms with Gasteiger partial charge in [-0.25, -0.2) is 4.72 Å². The highest BCUT2D eigenvalue weighted by molar-refractivity contribution is 7.87. The lowest BCUT2D eigenvalue weighted by atomic mass is 9.68. The van der Waals surface area contributed by atoms with E-state index in [2.05, 4.69) is 34.9 Å². The molecule has 3 aliphatic rings. The maximum Gasteiger partial charge on any atom is 0.304 e. The summed E-state index contributed by atoms with van der Waals surface area (Å²) in [6.07, 6.45) is 8.39. The summed E-state index contributed by atoms with van der Waals surface area (Å²) in [5.74, 6) is 0.259. The number of aliphatic hydroxyl groups is 1. The number of carbonyl (C=O) groups excluding carboxylic acids is 1. The van der Waals surface area contributed by atoms with Gasteiger partial charge in [0.25, 0.3) is 5.91 Å². The zero-order valence-corrected chi connectivity index (χ0v) is 29.1. The normalized spacial score (nSPS) is 23.5. The van der Waals surface area contributed by atoms with Gasteiger partial charge >= 0.3 is 10.2 Å². The number of rotatable bonds is 14. The van der Waals surface area contributed by atoms with Crippen molar-refractivity contribution in [1.82, 2.24) is 9.03 Å². The van der Waals surface area contributed by atoms with Crippen molar-refractivity contribution in [3.63, 3.8) is 0 Å². The van der Waals surface area contributed by atoms with Crippen LogP contribution in [0.1, 0.15) is 66.9 Å². The lowest BCUT2D eigenvalue weighted by molar-refractivity contribution is 0.0460. The van der Waals surface area contributed by atoms with Gasteiger partial charge in [0, 0.05) is 55.4 Å². The van der Waals surface area contributed by atoms with Crippen molar-refractivity contribution in [2.45, 2.75) is 69.4 Å². The number of ether oxygens (including phenoxy) is 2. The molecule has 2 N–H and O–H groups in total. The molecule has 11 heteroatoms. The number of halogens is 1. The smallest absolute Gasteiger partial charge is 0.304 e. The maximum atomic E-state index is 13.6. The molecule has 256 valence electrons. The summed E-state index contributed by atoms with van der Waals surface area (Å²) in [6, 6.07) is 10.8. The molecule has 5 rings (SSSR count). The van der Waals surface area contributed by atoms with Crippen molar-refractivity contribution < 1.29 is 27.8 Å². The Morgan fingerprint density at radius 1 is 1.28 bits per heavy atom. The minimum absolute atomic E-state index is 0.104.